The number of aliphatic imine (C=N–C) groups is 2. The Morgan fingerprint density at radius 3 is 1.32 bits per heavy atom. The summed E-state index contributed by atoms with van der Waals surface area (Å²) in [7, 11) is 0. The van der Waals surface area contributed by atoms with Gasteiger partial charge in [-0.05, 0) is 93.2 Å². The number of aromatic hydroxyl groups is 2. The van der Waals surface area contributed by atoms with Crippen LogP contribution in [0.2, 0.25) is 0 Å². The molecule has 0 spiro atoms. The second-order valence-corrected chi connectivity index (χ2v) is 10.3. The molecule has 0 fully saturated rings. The van der Waals surface area contributed by atoms with Crippen LogP contribution < -0.4 is 10.2 Å². The van der Waals surface area contributed by atoms with Crippen LogP contribution in [0.1, 0.15) is 81.3 Å². The minimum atomic E-state index is -1.08. The van der Waals surface area contributed by atoms with Crippen LogP contribution in [0.5, 0.6) is 11.5 Å². The smallest absolute Gasteiger partial charge is 0.550 e. The number of carboxylic acid groups (broad SMARTS) is 2. The number of nitrogens with zero attached hydrogens (tertiary/aromatic N) is 2. The number of benzene rings is 2. The monoisotopic (exact) mass is 599 g/mol. The number of carbonyl (C=O) groups excluding carboxylic acids is 2. The molecule has 2 rings (SSSR count). The third kappa shape index (κ3) is 18.2. The molecule has 0 bridgehead atoms. The Morgan fingerprint density at radius 1 is 0.750 bits per heavy atom. The number of phenolic OH excluding ortho intramolecular Hbond substituents is 2. The first-order valence-electron chi connectivity index (χ1n) is 13.1. The molecule has 0 aliphatic rings. The van der Waals surface area contributed by atoms with Gasteiger partial charge in [0.2, 0.25) is 0 Å². The summed E-state index contributed by atoms with van der Waals surface area (Å²) in [6.07, 6.45) is 6.31. The number of hydrogen-bond donors (Lipinski definition) is 2. The second kappa shape index (κ2) is 20.7. The van der Waals surface area contributed by atoms with E-state index in [1.807, 2.05) is 26.0 Å². The topological polar surface area (TPSA) is 145 Å². The molecule has 0 aliphatic carbocycles. The zero-order valence-corrected chi connectivity index (χ0v) is 26.0. The Kier molecular flexibility index (Phi) is 20.2. The van der Waals surface area contributed by atoms with Crippen LogP contribution in [-0.4, -0.2) is 47.7 Å². The summed E-state index contributed by atoms with van der Waals surface area (Å²) in [5.74, 6) is -0.412. The Balaban J connectivity index is 0. The third-order valence-electron chi connectivity index (χ3n) is 5.10. The molecule has 0 saturated carbocycles. The standard InChI is InChI=1S/C27H38N2O2.2C2H4O2.Co/c1-18(2)10-22-12-20(5)26(30)24(14-22)16-28-8-7-9-29-17-25-15-23(11-19(3)4)13-21(6)27(25)31;2*1-2(3)4;/h12-19,30-31H,7-11H2,1-6H3;2*1H3,(H,3,4);/q;;;+2/p-2. The first-order chi connectivity index (χ1) is 18.1. The number of rotatable bonds is 10. The van der Waals surface area contributed by atoms with Gasteiger partial charge in [0.25, 0.3) is 0 Å². The fraction of sp³-hybridized carbons (Fsp3) is 0.484. The summed E-state index contributed by atoms with van der Waals surface area (Å²) in [6, 6.07) is 8.15. The molecule has 0 amide bonds. The minimum Gasteiger partial charge on any atom is -0.550 e. The molecule has 9 heteroatoms. The fourth-order valence-electron chi connectivity index (χ4n) is 3.72. The van der Waals surface area contributed by atoms with Crippen LogP contribution in [0.15, 0.2) is 34.3 Å². The number of aliphatic carboxylic acids is 2. The van der Waals surface area contributed by atoms with Gasteiger partial charge in [0.05, 0.1) is 0 Å². The van der Waals surface area contributed by atoms with Crippen LogP contribution in [-0.2, 0) is 39.2 Å². The molecule has 223 valence electrons. The maximum Gasteiger partial charge on any atom is 2.00 e. The number of hydrogen-bond acceptors (Lipinski definition) is 8. The molecule has 0 atom stereocenters. The molecule has 40 heavy (non-hydrogen) atoms. The van der Waals surface area contributed by atoms with E-state index in [9.17, 15) is 10.2 Å². The number of carboxylic acids is 2. The van der Waals surface area contributed by atoms with Crippen molar-refractivity contribution in [3.05, 3.63) is 57.6 Å². The van der Waals surface area contributed by atoms with E-state index in [0.717, 1.165) is 55.4 Å². The van der Waals surface area contributed by atoms with E-state index in [4.69, 9.17) is 19.8 Å². The van der Waals surface area contributed by atoms with Crippen molar-refractivity contribution in [3.8, 4) is 11.5 Å². The number of carbonyl (C=O) groups is 2. The molecule has 8 nitrogen and oxygen atoms in total. The van der Waals surface area contributed by atoms with E-state index in [2.05, 4.69) is 49.8 Å². The maximum atomic E-state index is 10.3. The van der Waals surface area contributed by atoms with Gasteiger partial charge in [0.15, 0.2) is 0 Å². The molecule has 2 aromatic rings. The van der Waals surface area contributed by atoms with E-state index < -0.39 is 11.9 Å². The van der Waals surface area contributed by atoms with Gasteiger partial charge in [-0.2, -0.15) is 0 Å². The van der Waals surface area contributed by atoms with E-state index in [0.29, 0.717) is 36.4 Å². The van der Waals surface area contributed by atoms with Gasteiger partial charge in [-0.25, -0.2) is 0 Å². The van der Waals surface area contributed by atoms with Crippen molar-refractivity contribution in [2.45, 2.75) is 74.7 Å². The average molecular weight is 600 g/mol. The van der Waals surface area contributed by atoms with E-state index in [1.54, 1.807) is 12.4 Å². The molecule has 0 aromatic heterocycles. The first kappa shape index (κ1) is 39.0. The van der Waals surface area contributed by atoms with E-state index >= 15 is 0 Å². The van der Waals surface area contributed by atoms with Crippen molar-refractivity contribution >= 4 is 24.4 Å². The zero-order valence-electron chi connectivity index (χ0n) is 24.9. The van der Waals surface area contributed by atoms with E-state index in [-0.39, 0.29) is 16.8 Å². The molecular weight excluding hydrogens is 555 g/mol. The minimum absolute atomic E-state index is 0. The normalized spacial score (nSPS) is 10.7. The molecule has 2 N–H and O–H groups in total. The van der Waals surface area contributed by atoms with Crippen molar-refractivity contribution < 1.29 is 46.8 Å². The molecule has 0 saturated heterocycles. The largest absolute Gasteiger partial charge is 2.00 e. The Morgan fingerprint density at radius 2 is 1.05 bits per heavy atom. The molecule has 0 unspecified atom stereocenters. The zero-order chi connectivity index (χ0) is 30.1. The summed E-state index contributed by atoms with van der Waals surface area (Å²) >= 11 is 0. The maximum absolute atomic E-state index is 10.3. The van der Waals surface area contributed by atoms with Crippen LogP contribution in [0.3, 0.4) is 0 Å². The van der Waals surface area contributed by atoms with E-state index in [1.165, 1.54) is 11.1 Å². The summed E-state index contributed by atoms with van der Waals surface area (Å²) in [4.78, 5) is 26.7. The van der Waals surface area contributed by atoms with Gasteiger partial charge in [-0.15, -0.1) is 0 Å². The van der Waals surface area contributed by atoms with Crippen LogP contribution >= 0.6 is 0 Å². The number of phenols is 2. The summed E-state index contributed by atoms with van der Waals surface area (Å²) < 4.78 is 0. The van der Waals surface area contributed by atoms with Gasteiger partial charge in [0, 0.05) is 48.6 Å². The predicted molar refractivity (Wildman–Crippen MR) is 154 cm³/mol. The third-order valence-corrected chi connectivity index (χ3v) is 5.10. The Hall–Kier alpha value is -3.17. The van der Waals surface area contributed by atoms with Crippen LogP contribution in [0.25, 0.3) is 0 Å². The van der Waals surface area contributed by atoms with Gasteiger partial charge >= 0.3 is 16.8 Å². The molecule has 0 heterocycles. The summed E-state index contributed by atoms with van der Waals surface area (Å²) in [5.41, 5.74) is 5.79. The summed E-state index contributed by atoms with van der Waals surface area (Å²) in [6.45, 7) is 15.9. The van der Waals surface area contributed by atoms with Crippen molar-refractivity contribution in [1.82, 2.24) is 0 Å². The molecular formula is C31H44CoN2O6. The molecule has 2 aromatic carbocycles. The quantitative estimate of drug-likeness (QED) is 0.316. The Bertz CT molecular complexity index is 1030. The Labute approximate surface area is 249 Å². The van der Waals surface area contributed by atoms with Gasteiger partial charge in [-0.1, -0.05) is 39.8 Å². The fourth-order valence-corrected chi connectivity index (χ4v) is 3.72. The van der Waals surface area contributed by atoms with Crippen molar-refractivity contribution in [1.29, 1.82) is 0 Å². The summed E-state index contributed by atoms with van der Waals surface area (Å²) in [5, 5.41) is 38.4. The van der Waals surface area contributed by atoms with Gasteiger partial charge in [0.1, 0.15) is 11.5 Å². The second-order valence-electron chi connectivity index (χ2n) is 10.3. The molecule has 0 aliphatic heterocycles. The number of aryl methyl sites for hydroxylation is 2. The SMILES string of the molecule is CC(=O)[O-].CC(=O)[O-].Cc1cc(CC(C)C)cc(C=NCCCN=Cc2cc(CC(C)C)cc(C)c2O)c1O.[Co+2]. The van der Waals surface area contributed by atoms with Crippen molar-refractivity contribution in [3.63, 3.8) is 0 Å². The van der Waals surface area contributed by atoms with Gasteiger partial charge < -0.3 is 30.0 Å². The van der Waals surface area contributed by atoms with Crippen LogP contribution in [0, 0.1) is 25.7 Å². The average Bonchev–Trinajstić information content (AvgIpc) is 2.77. The predicted octanol–water partition coefficient (Wildman–Crippen LogP) is 3.55. The van der Waals surface area contributed by atoms with Crippen molar-refractivity contribution in [2.24, 2.45) is 21.8 Å². The van der Waals surface area contributed by atoms with Gasteiger partial charge in [-0.3, -0.25) is 9.98 Å². The van der Waals surface area contributed by atoms with Crippen LogP contribution in [0.4, 0.5) is 0 Å². The molecule has 1 radical (unpaired) electrons. The first-order valence-corrected chi connectivity index (χ1v) is 13.1. The van der Waals surface area contributed by atoms with Crippen molar-refractivity contribution in [2.75, 3.05) is 13.1 Å².